The van der Waals surface area contributed by atoms with E-state index in [1.54, 1.807) is 0 Å². The molecule has 230 valence electrons. The van der Waals surface area contributed by atoms with E-state index in [4.69, 9.17) is 0 Å². The molecule has 0 saturated heterocycles. The van der Waals surface area contributed by atoms with Crippen LogP contribution < -0.4 is 10.0 Å². The molecule has 0 saturated carbocycles. The SMILES string of the molecule is C=CCCN1/C(=C/C2=C([O-])C(=C/C3=[N+](CCC=C)c4ccc5ccccc5c4C3(C)C)/C2=O)C(C)(C)c2c1ccc1ccccc21. The summed E-state index contributed by atoms with van der Waals surface area (Å²) in [6, 6.07) is 25.5. The molecule has 4 aromatic carbocycles. The fraction of sp³-hybridized carbons (Fsp3) is 0.238. The lowest BCUT2D eigenvalue weighted by atomic mass is 9.76. The Morgan fingerprint density at radius 2 is 1.41 bits per heavy atom. The maximum atomic E-state index is 13.9. The van der Waals surface area contributed by atoms with Crippen molar-refractivity contribution in [3.05, 3.63) is 144 Å². The van der Waals surface area contributed by atoms with Gasteiger partial charge in [-0.25, -0.2) is 0 Å². The molecule has 0 bridgehead atoms. The molecule has 0 spiro atoms. The fourth-order valence-corrected chi connectivity index (χ4v) is 7.88. The Labute approximate surface area is 271 Å². The number of hydrogen-bond donors (Lipinski definition) is 0. The zero-order chi connectivity index (χ0) is 32.4. The number of carbonyl (C=O) groups is 1. The summed E-state index contributed by atoms with van der Waals surface area (Å²) in [5.41, 5.74) is 6.34. The number of rotatable bonds is 8. The molecule has 0 aromatic heterocycles. The largest absolute Gasteiger partial charge is 0.871 e. The maximum absolute atomic E-state index is 13.9. The van der Waals surface area contributed by atoms with E-state index in [2.05, 4.69) is 123 Å². The predicted octanol–water partition coefficient (Wildman–Crippen LogP) is 8.33. The van der Waals surface area contributed by atoms with Gasteiger partial charge in [-0.1, -0.05) is 86.4 Å². The quantitative estimate of drug-likeness (QED) is 0.115. The molecule has 0 unspecified atom stereocenters. The smallest absolute Gasteiger partial charge is 0.210 e. The molecule has 0 radical (unpaired) electrons. The molecule has 3 aliphatic rings. The first-order valence-electron chi connectivity index (χ1n) is 16.2. The molecule has 0 fully saturated rings. The van der Waals surface area contributed by atoms with Gasteiger partial charge in [-0.2, -0.15) is 4.58 Å². The van der Waals surface area contributed by atoms with E-state index in [-0.39, 0.29) is 22.7 Å². The van der Waals surface area contributed by atoms with Gasteiger partial charge in [0, 0.05) is 58.6 Å². The van der Waals surface area contributed by atoms with Crippen molar-refractivity contribution >= 4 is 44.4 Å². The van der Waals surface area contributed by atoms with Crippen molar-refractivity contribution < 1.29 is 14.5 Å². The van der Waals surface area contributed by atoms with Crippen molar-refractivity contribution in [3.8, 4) is 0 Å². The standard InChI is InChI=1S/C42H40N2O2/c1-7-9-23-43-33-21-19-27-15-11-13-17-29(27)37(33)41(3,4)35(43)25-31-39(45)32(40(31)46)26-36-42(5,6)38-30-18-14-12-16-28(30)20-22-34(38)44(36)24-10-8-2/h7-8,11-22,25-26H,1-2,9-10,23-24H2,3-6H3. The van der Waals surface area contributed by atoms with Gasteiger partial charge in [0.1, 0.15) is 0 Å². The average Bonchev–Trinajstić information content (AvgIpc) is 3.41. The summed E-state index contributed by atoms with van der Waals surface area (Å²) in [5.74, 6) is -0.379. The number of Topliss-reactive ketones (excluding diaryl/α,β-unsaturated/α-hetero) is 1. The normalized spacial score (nSPS) is 19.7. The van der Waals surface area contributed by atoms with Crippen molar-refractivity contribution in [3.63, 3.8) is 0 Å². The minimum Gasteiger partial charge on any atom is -0.871 e. The third-order valence-corrected chi connectivity index (χ3v) is 10.2. The van der Waals surface area contributed by atoms with Gasteiger partial charge in [-0.05, 0) is 65.6 Å². The highest BCUT2D eigenvalue weighted by Crippen LogP contribution is 2.52. The minimum atomic E-state index is -0.406. The van der Waals surface area contributed by atoms with Crippen LogP contribution >= 0.6 is 0 Å². The first-order valence-corrected chi connectivity index (χ1v) is 16.2. The molecule has 1 aliphatic carbocycles. The number of ketones is 1. The summed E-state index contributed by atoms with van der Waals surface area (Å²) in [6.07, 6.45) is 9.12. The molecule has 7 rings (SSSR count). The molecular weight excluding hydrogens is 564 g/mol. The van der Waals surface area contributed by atoms with Gasteiger partial charge < -0.3 is 10.0 Å². The van der Waals surface area contributed by atoms with Gasteiger partial charge in [-0.15, -0.1) is 13.2 Å². The van der Waals surface area contributed by atoms with Crippen LogP contribution in [0.2, 0.25) is 0 Å². The third-order valence-electron chi connectivity index (χ3n) is 10.2. The highest BCUT2D eigenvalue weighted by atomic mass is 16.3. The number of benzene rings is 4. The summed E-state index contributed by atoms with van der Waals surface area (Å²) in [6.45, 7) is 18.1. The highest BCUT2D eigenvalue weighted by Gasteiger charge is 2.47. The van der Waals surface area contributed by atoms with Crippen LogP contribution in [0.1, 0.15) is 51.7 Å². The Hall–Kier alpha value is -4.96. The molecule has 0 amide bonds. The molecule has 46 heavy (non-hydrogen) atoms. The van der Waals surface area contributed by atoms with E-state index in [1.807, 2.05) is 24.3 Å². The molecule has 2 aliphatic heterocycles. The molecule has 2 heterocycles. The van der Waals surface area contributed by atoms with Gasteiger partial charge in [0.2, 0.25) is 5.69 Å². The summed E-state index contributed by atoms with van der Waals surface area (Å²) in [5, 5.41) is 18.7. The first kappa shape index (κ1) is 29.7. The van der Waals surface area contributed by atoms with Crippen molar-refractivity contribution in [1.82, 2.24) is 0 Å². The van der Waals surface area contributed by atoms with Crippen LogP contribution in [0.3, 0.4) is 0 Å². The Balaban J connectivity index is 1.34. The van der Waals surface area contributed by atoms with Gasteiger partial charge in [0.25, 0.3) is 0 Å². The van der Waals surface area contributed by atoms with Crippen molar-refractivity contribution in [2.45, 2.75) is 51.4 Å². The number of nitrogens with zero attached hydrogens (tertiary/aromatic N) is 2. The molecule has 0 N–H and O–H groups in total. The zero-order valence-electron chi connectivity index (χ0n) is 27.2. The number of carbonyl (C=O) groups excluding carboxylic acids is 1. The number of allylic oxidation sites excluding steroid dienone is 5. The van der Waals surface area contributed by atoms with E-state index >= 15 is 0 Å². The van der Waals surface area contributed by atoms with E-state index in [0.717, 1.165) is 48.7 Å². The lowest BCUT2D eigenvalue weighted by Crippen LogP contribution is -2.35. The Kier molecular flexibility index (Phi) is 7.01. The summed E-state index contributed by atoms with van der Waals surface area (Å²) in [7, 11) is 0. The predicted molar refractivity (Wildman–Crippen MR) is 189 cm³/mol. The first-order chi connectivity index (χ1) is 22.1. The summed E-state index contributed by atoms with van der Waals surface area (Å²) >= 11 is 0. The van der Waals surface area contributed by atoms with Crippen LogP contribution in [0.4, 0.5) is 11.4 Å². The number of anilines is 1. The minimum absolute atomic E-state index is 0.189. The molecule has 4 aromatic rings. The van der Waals surface area contributed by atoms with E-state index in [1.165, 1.54) is 32.7 Å². The lowest BCUT2D eigenvalue weighted by Gasteiger charge is -2.33. The third kappa shape index (κ3) is 4.27. The molecule has 0 atom stereocenters. The van der Waals surface area contributed by atoms with Crippen LogP contribution in [0, 0.1) is 0 Å². The van der Waals surface area contributed by atoms with Gasteiger partial charge in [-0.3, -0.25) is 4.79 Å². The molecule has 4 nitrogen and oxygen atoms in total. The van der Waals surface area contributed by atoms with Gasteiger partial charge in [0.05, 0.1) is 5.41 Å². The summed E-state index contributed by atoms with van der Waals surface area (Å²) < 4.78 is 2.27. The Bertz CT molecular complexity index is 2120. The van der Waals surface area contributed by atoms with E-state index in [9.17, 15) is 9.90 Å². The van der Waals surface area contributed by atoms with Crippen LogP contribution in [-0.4, -0.2) is 29.2 Å². The lowest BCUT2D eigenvalue weighted by molar-refractivity contribution is -0.436. The second kappa shape index (κ2) is 10.8. The van der Waals surface area contributed by atoms with Crippen molar-refractivity contribution in [2.75, 3.05) is 18.0 Å². The van der Waals surface area contributed by atoms with Crippen LogP contribution in [0.5, 0.6) is 0 Å². The molecular formula is C42H40N2O2. The van der Waals surface area contributed by atoms with E-state index in [0.29, 0.717) is 0 Å². The van der Waals surface area contributed by atoms with Crippen LogP contribution in [0.15, 0.2) is 133 Å². The fourth-order valence-electron chi connectivity index (χ4n) is 7.88. The molecule has 4 heteroatoms. The van der Waals surface area contributed by atoms with Crippen molar-refractivity contribution in [1.29, 1.82) is 0 Å². The summed E-state index contributed by atoms with van der Waals surface area (Å²) in [4.78, 5) is 16.2. The van der Waals surface area contributed by atoms with Crippen LogP contribution in [-0.2, 0) is 15.6 Å². The Morgan fingerprint density at radius 3 is 2.07 bits per heavy atom. The maximum Gasteiger partial charge on any atom is 0.210 e. The average molecular weight is 605 g/mol. The Morgan fingerprint density at radius 1 is 0.783 bits per heavy atom. The van der Waals surface area contributed by atoms with Gasteiger partial charge in [0.15, 0.2) is 18.0 Å². The second-order valence-electron chi connectivity index (χ2n) is 13.6. The highest BCUT2D eigenvalue weighted by molar-refractivity contribution is 6.24. The zero-order valence-corrected chi connectivity index (χ0v) is 27.2. The monoisotopic (exact) mass is 604 g/mol. The van der Waals surface area contributed by atoms with Crippen molar-refractivity contribution in [2.24, 2.45) is 0 Å². The number of hydrogen-bond acceptors (Lipinski definition) is 3. The van der Waals surface area contributed by atoms with E-state index < -0.39 is 10.8 Å². The van der Waals surface area contributed by atoms with Gasteiger partial charge >= 0.3 is 0 Å². The second-order valence-corrected chi connectivity index (χ2v) is 13.6. The topological polar surface area (TPSA) is 46.4 Å². The number of fused-ring (bicyclic) bond motifs is 6. The van der Waals surface area contributed by atoms with Crippen LogP contribution in [0.25, 0.3) is 21.5 Å².